The van der Waals surface area contributed by atoms with Gasteiger partial charge in [0.15, 0.2) is 0 Å². The van der Waals surface area contributed by atoms with Gasteiger partial charge < -0.3 is 10.4 Å². The fourth-order valence-electron chi connectivity index (χ4n) is 1.71. The van der Waals surface area contributed by atoms with E-state index in [9.17, 15) is 14.3 Å². The summed E-state index contributed by atoms with van der Waals surface area (Å²) in [6, 6.07) is 7.66. The molecule has 0 radical (unpaired) electrons. The Morgan fingerprint density at radius 1 is 1.43 bits per heavy atom. The van der Waals surface area contributed by atoms with E-state index in [0.29, 0.717) is 19.1 Å². The molecule has 0 aliphatic rings. The lowest BCUT2D eigenvalue weighted by Crippen LogP contribution is -2.46. The van der Waals surface area contributed by atoms with Crippen LogP contribution < -0.4 is 5.32 Å². The Kier molecular flexibility index (Phi) is 6.33. The molecule has 23 heavy (non-hydrogen) atoms. The van der Waals surface area contributed by atoms with Gasteiger partial charge in [-0.3, -0.25) is 4.79 Å². The monoisotopic (exact) mass is 393 g/mol. The van der Waals surface area contributed by atoms with E-state index in [1.54, 1.807) is 18.2 Å². The number of amides is 1. The molecule has 0 bridgehead atoms. The van der Waals surface area contributed by atoms with E-state index in [-0.39, 0.29) is 18.1 Å². The molecule has 3 nitrogen and oxygen atoms in total. The van der Waals surface area contributed by atoms with Gasteiger partial charge in [0.2, 0.25) is 0 Å². The predicted octanol–water partition coefficient (Wildman–Crippen LogP) is 4.35. The summed E-state index contributed by atoms with van der Waals surface area (Å²) in [6.07, 6.45) is 0. The van der Waals surface area contributed by atoms with Crippen LogP contribution in [0.4, 0.5) is 4.39 Å². The van der Waals surface area contributed by atoms with E-state index in [4.69, 9.17) is 23.2 Å². The molecule has 0 fully saturated rings. The molecule has 0 saturated heterocycles. The van der Waals surface area contributed by atoms with Crippen LogP contribution in [0, 0.1) is 5.82 Å². The van der Waals surface area contributed by atoms with Crippen molar-refractivity contribution >= 4 is 52.2 Å². The van der Waals surface area contributed by atoms with Gasteiger partial charge in [-0.2, -0.15) is 0 Å². The van der Waals surface area contributed by atoms with Crippen LogP contribution in [-0.4, -0.2) is 22.4 Å². The zero-order valence-electron chi connectivity index (χ0n) is 12.1. The second kappa shape index (κ2) is 7.85. The molecule has 0 aliphatic carbocycles. The van der Waals surface area contributed by atoms with Crippen LogP contribution in [0.5, 0.6) is 0 Å². The van der Waals surface area contributed by atoms with E-state index in [2.05, 4.69) is 5.32 Å². The molecule has 0 spiro atoms. The van der Waals surface area contributed by atoms with Crippen molar-refractivity contribution in [1.82, 2.24) is 5.32 Å². The van der Waals surface area contributed by atoms with Gasteiger partial charge in [-0.25, -0.2) is 4.39 Å². The lowest BCUT2D eigenvalue weighted by Gasteiger charge is -2.21. The summed E-state index contributed by atoms with van der Waals surface area (Å²) in [5.74, 6) is -0.789. The summed E-state index contributed by atoms with van der Waals surface area (Å²) in [5, 5.41) is 12.9. The number of carbonyl (C=O) groups is 1. The Hall–Kier alpha value is -0.790. The van der Waals surface area contributed by atoms with E-state index in [0.717, 1.165) is 0 Å². The second-order valence-corrected chi connectivity index (χ2v) is 8.39. The topological polar surface area (TPSA) is 49.3 Å². The maximum absolute atomic E-state index is 13.1. The Morgan fingerprint density at radius 2 is 2.17 bits per heavy atom. The number of hydrogen-bond acceptors (Lipinski definition) is 4. The summed E-state index contributed by atoms with van der Waals surface area (Å²) in [6.45, 7) is 1.60. The summed E-state index contributed by atoms with van der Waals surface area (Å²) >= 11 is 14.2. The minimum absolute atomic E-state index is 0.0976. The molecule has 0 saturated carbocycles. The van der Waals surface area contributed by atoms with Crippen LogP contribution in [0.1, 0.15) is 12.5 Å². The number of aliphatic hydroxyl groups is 1. The highest BCUT2D eigenvalue weighted by molar-refractivity contribution is 7.99. The third-order valence-corrected chi connectivity index (χ3v) is 5.83. The van der Waals surface area contributed by atoms with Crippen LogP contribution in [0.2, 0.25) is 8.67 Å². The average molecular weight is 394 g/mol. The van der Waals surface area contributed by atoms with E-state index in [1.807, 2.05) is 0 Å². The standard InChI is InChI=1S/C15H14Cl2FNO2S2/c1-15(21,8-22-11-4-2-3-10(18)6-11)14(20)19-7-9-5-12(16)23-13(9)17/h2-6,21H,7-8H2,1H3,(H,19,20). The molecule has 124 valence electrons. The molecular formula is C15H14Cl2FNO2S2. The molecule has 1 atom stereocenters. The first-order chi connectivity index (χ1) is 10.8. The van der Waals surface area contributed by atoms with Gasteiger partial charge in [-0.1, -0.05) is 29.3 Å². The van der Waals surface area contributed by atoms with Crippen molar-refractivity contribution in [2.45, 2.75) is 24.0 Å². The Bertz CT molecular complexity index is 707. The number of thiophene rings is 1. The van der Waals surface area contributed by atoms with Gasteiger partial charge in [-0.05, 0) is 31.2 Å². The molecule has 1 aromatic heterocycles. The Labute approximate surface area is 151 Å². The average Bonchev–Trinajstić information content (AvgIpc) is 2.80. The van der Waals surface area contributed by atoms with Gasteiger partial charge >= 0.3 is 0 Å². The number of rotatable bonds is 6. The van der Waals surface area contributed by atoms with E-state index in [1.165, 1.54) is 42.2 Å². The third kappa shape index (κ3) is 5.36. The number of carbonyl (C=O) groups excluding carboxylic acids is 1. The summed E-state index contributed by atoms with van der Waals surface area (Å²) in [4.78, 5) is 12.8. The zero-order chi connectivity index (χ0) is 17.0. The SMILES string of the molecule is CC(O)(CSc1cccc(F)c1)C(=O)NCc1cc(Cl)sc1Cl. The number of nitrogens with one attached hydrogen (secondary N) is 1. The smallest absolute Gasteiger partial charge is 0.252 e. The molecule has 1 heterocycles. The highest BCUT2D eigenvalue weighted by Crippen LogP contribution is 2.31. The maximum Gasteiger partial charge on any atom is 0.252 e. The fourth-order valence-corrected chi connectivity index (χ4v) is 4.14. The Morgan fingerprint density at radius 3 is 2.78 bits per heavy atom. The minimum atomic E-state index is -1.59. The lowest BCUT2D eigenvalue weighted by molar-refractivity contribution is -0.136. The largest absolute Gasteiger partial charge is 0.379 e. The molecule has 1 unspecified atom stereocenters. The molecular weight excluding hydrogens is 380 g/mol. The first-order valence-electron chi connectivity index (χ1n) is 6.61. The van der Waals surface area contributed by atoms with Gasteiger partial charge in [0.1, 0.15) is 11.4 Å². The van der Waals surface area contributed by atoms with Crippen molar-refractivity contribution in [3.63, 3.8) is 0 Å². The van der Waals surface area contributed by atoms with Crippen molar-refractivity contribution < 1.29 is 14.3 Å². The number of halogens is 3. The summed E-state index contributed by atoms with van der Waals surface area (Å²) in [7, 11) is 0. The quantitative estimate of drug-likeness (QED) is 0.716. The van der Waals surface area contributed by atoms with Crippen molar-refractivity contribution in [2.24, 2.45) is 0 Å². The fraction of sp³-hybridized carbons (Fsp3) is 0.267. The van der Waals surface area contributed by atoms with Crippen molar-refractivity contribution in [2.75, 3.05) is 5.75 Å². The number of hydrogen-bond donors (Lipinski definition) is 2. The van der Waals surface area contributed by atoms with Gasteiger partial charge in [0.05, 0.1) is 8.67 Å². The van der Waals surface area contributed by atoms with Crippen LogP contribution in [0.25, 0.3) is 0 Å². The van der Waals surface area contributed by atoms with Crippen LogP contribution in [-0.2, 0) is 11.3 Å². The Balaban J connectivity index is 1.90. The summed E-state index contributed by atoms with van der Waals surface area (Å²) < 4.78 is 14.2. The van der Waals surface area contributed by atoms with Crippen molar-refractivity contribution in [1.29, 1.82) is 0 Å². The molecule has 1 aromatic carbocycles. The van der Waals surface area contributed by atoms with E-state index < -0.39 is 11.5 Å². The first kappa shape index (κ1) is 18.5. The lowest BCUT2D eigenvalue weighted by atomic mass is 10.1. The van der Waals surface area contributed by atoms with Crippen molar-refractivity contribution in [3.8, 4) is 0 Å². The summed E-state index contributed by atoms with van der Waals surface area (Å²) in [5.41, 5.74) is -0.896. The van der Waals surface area contributed by atoms with E-state index >= 15 is 0 Å². The third-order valence-electron chi connectivity index (χ3n) is 2.97. The molecule has 1 amide bonds. The number of thioether (sulfide) groups is 1. The molecule has 2 rings (SSSR count). The molecule has 2 N–H and O–H groups in total. The normalized spacial score (nSPS) is 13.6. The second-order valence-electron chi connectivity index (χ2n) is 5.05. The van der Waals surface area contributed by atoms with Gasteiger partial charge in [-0.15, -0.1) is 23.1 Å². The van der Waals surface area contributed by atoms with Gasteiger partial charge in [0.25, 0.3) is 5.91 Å². The molecule has 0 aliphatic heterocycles. The van der Waals surface area contributed by atoms with Crippen LogP contribution in [0.3, 0.4) is 0 Å². The highest BCUT2D eigenvalue weighted by Gasteiger charge is 2.30. The van der Waals surface area contributed by atoms with Crippen LogP contribution >= 0.6 is 46.3 Å². The maximum atomic E-state index is 13.1. The minimum Gasteiger partial charge on any atom is -0.379 e. The van der Waals surface area contributed by atoms with Crippen molar-refractivity contribution in [3.05, 3.63) is 50.4 Å². The highest BCUT2D eigenvalue weighted by atomic mass is 35.5. The molecule has 2 aromatic rings. The van der Waals surface area contributed by atoms with Crippen LogP contribution in [0.15, 0.2) is 35.2 Å². The van der Waals surface area contributed by atoms with Gasteiger partial charge in [0, 0.05) is 22.8 Å². The first-order valence-corrected chi connectivity index (χ1v) is 9.16. The predicted molar refractivity (Wildman–Crippen MR) is 93.9 cm³/mol. The molecule has 8 heteroatoms. The number of benzene rings is 1. The zero-order valence-corrected chi connectivity index (χ0v) is 15.3.